The zero-order valence-electron chi connectivity index (χ0n) is 18.7. The highest BCUT2D eigenvalue weighted by molar-refractivity contribution is 5.91. The van der Waals surface area contributed by atoms with Gasteiger partial charge in [-0.15, -0.1) is 5.10 Å². The predicted molar refractivity (Wildman–Crippen MR) is 120 cm³/mol. The van der Waals surface area contributed by atoms with Gasteiger partial charge in [0.1, 0.15) is 11.6 Å². The topological polar surface area (TPSA) is 86.9 Å². The van der Waals surface area contributed by atoms with Crippen LogP contribution in [0, 0.1) is 26.6 Å². The van der Waals surface area contributed by atoms with E-state index in [-0.39, 0.29) is 18.1 Å². The third-order valence-electron chi connectivity index (χ3n) is 5.49. The lowest BCUT2D eigenvalue weighted by atomic mass is 10.00. The van der Waals surface area contributed by atoms with Crippen molar-refractivity contribution in [2.45, 2.75) is 33.6 Å². The molecule has 3 aromatic heterocycles. The summed E-state index contributed by atoms with van der Waals surface area (Å²) in [6.07, 6.45) is 0.791. The molecule has 0 atom stereocenters. The molecule has 166 valence electrons. The average molecular weight is 436 g/mol. The van der Waals surface area contributed by atoms with Crippen LogP contribution in [0.3, 0.4) is 0 Å². The number of nitrogens with zero attached hydrogens (tertiary/aromatic N) is 5. The number of aromatic nitrogens is 5. The molecule has 0 aliphatic carbocycles. The Bertz CT molecular complexity index is 1310. The molecule has 0 aliphatic heterocycles. The Kier molecular flexibility index (Phi) is 5.65. The predicted octanol–water partition coefficient (Wildman–Crippen LogP) is 3.80. The van der Waals surface area contributed by atoms with E-state index >= 15 is 0 Å². The molecule has 0 spiro atoms. The van der Waals surface area contributed by atoms with Crippen LogP contribution in [-0.2, 0) is 18.3 Å². The zero-order valence-corrected chi connectivity index (χ0v) is 18.7. The van der Waals surface area contributed by atoms with E-state index in [1.54, 1.807) is 34.7 Å². The number of pyridine rings is 1. The van der Waals surface area contributed by atoms with Crippen molar-refractivity contribution in [3.8, 4) is 11.6 Å². The molecular formula is C23H25FN6O2. The van der Waals surface area contributed by atoms with E-state index in [1.165, 1.54) is 12.1 Å². The van der Waals surface area contributed by atoms with Crippen molar-refractivity contribution in [2.24, 2.45) is 7.05 Å². The fourth-order valence-electron chi connectivity index (χ4n) is 3.92. The second kappa shape index (κ2) is 8.41. The average Bonchev–Trinajstić information content (AvgIpc) is 3.27. The Labute approximate surface area is 185 Å². The minimum Gasteiger partial charge on any atom is -0.479 e. The number of nitrogens with one attached hydrogen (secondary N) is 1. The monoisotopic (exact) mass is 436 g/mol. The number of halogens is 1. The Hall–Kier alpha value is -3.75. The van der Waals surface area contributed by atoms with Gasteiger partial charge in [-0.1, -0.05) is 0 Å². The van der Waals surface area contributed by atoms with Gasteiger partial charge in [-0.25, -0.2) is 18.7 Å². The maximum absolute atomic E-state index is 13.3. The van der Waals surface area contributed by atoms with Crippen LogP contribution >= 0.6 is 0 Å². The van der Waals surface area contributed by atoms with Gasteiger partial charge in [0.25, 0.3) is 0 Å². The third kappa shape index (κ3) is 3.93. The molecular weight excluding hydrogens is 411 g/mol. The molecule has 3 heterocycles. The van der Waals surface area contributed by atoms with Crippen LogP contribution in [0.1, 0.15) is 28.9 Å². The van der Waals surface area contributed by atoms with Crippen LogP contribution in [0.2, 0.25) is 0 Å². The van der Waals surface area contributed by atoms with E-state index in [0.717, 1.165) is 33.5 Å². The van der Waals surface area contributed by atoms with Gasteiger partial charge in [0, 0.05) is 25.2 Å². The van der Waals surface area contributed by atoms with Crippen LogP contribution in [0.5, 0.6) is 5.88 Å². The Morgan fingerprint density at radius 3 is 2.56 bits per heavy atom. The number of aryl methyl sites for hydroxylation is 4. The first-order valence-electron chi connectivity index (χ1n) is 10.3. The number of anilines is 1. The summed E-state index contributed by atoms with van der Waals surface area (Å²) in [7, 11) is 3.41. The first kappa shape index (κ1) is 21.5. The molecule has 1 aromatic carbocycles. The van der Waals surface area contributed by atoms with Gasteiger partial charge in [-0.3, -0.25) is 4.79 Å². The number of fused-ring (bicyclic) bond motifs is 1. The number of amides is 1. The number of hydrogen-bond acceptors (Lipinski definition) is 5. The normalized spacial score (nSPS) is 11.2. The molecule has 4 rings (SSSR count). The lowest BCUT2D eigenvalue weighted by Crippen LogP contribution is -2.16. The molecule has 0 aliphatic rings. The summed E-state index contributed by atoms with van der Waals surface area (Å²) in [5.41, 5.74) is 5.04. The SMILES string of the molecule is COc1nn(C)c2nc(C)c(CCC(=O)Nc3cc(C)nn3-c3ccc(F)cc3)c(C)c12. The van der Waals surface area contributed by atoms with E-state index in [1.807, 2.05) is 27.8 Å². The minimum absolute atomic E-state index is 0.148. The van der Waals surface area contributed by atoms with E-state index in [0.29, 0.717) is 23.8 Å². The van der Waals surface area contributed by atoms with Crippen molar-refractivity contribution in [1.82, 2.24) is 24.5 Å². The van der Waals surface area contributed by atoms with E-state index in [9.17, 15) is 9.18 Å². The number of benzene rings is 1. The fourth-order valence-corrected chi connectivity index (χ4v) is 3.92. The Balaban J connectivity index is 1.54. The molecule has 0 saturated carbocycles. The van der Waals surface area contributed by atoms with E-state index in [2.05, 4.69) is 20.5 Å². The van der Waals surface area contributed by atoms with Crippen LogP contribution in [0.15, 0.2) is 30.3 Å². The largest absolute Gasteiger partial charge is 0.479 e. The van der Waals surface area contributed by atoms with Gasteiger partial charge >= 0.3 is 0 Å². The van der Waals surface area contributed by atoms with Crippen LogP contribution < -0.4 is 10.1 Å². The summed E-state index contributed by atoms with van der Waals surface area (Å²) in [4.78, 5) is 17.4. The van der Waals surface area contributed by atoms with Gasteiger partial charge in [0.15, 0.2) is 5.65 Å². The highest BCUT2D eigenvalue weighted by atomic mass is 19.1. The quantitative estimate of drug-likeness (QED) is 0.497. The Morgan fingerprint density at radius 1 is 1.16 bits per heavy atom. The van der Waals surface area contributed by atoms with Crippen LogP contribution in [0.4, 0.5) is 10.2 Å². The van der Waals surface area contributed by atoms with Crippen molar-refractivity contribution >= 4 is 22.8 Å². The third-order valence-corrected chi connectivity index (χ3v) is 5.49. The summed E-state index contributed by atoms with van der Waals surface area (Å²) in [6, 6.07) is 7.74. The van der Waals surface area contributed by atoms with Gasteiger partial charge in [0.05, 0.1) is 23.9 Å². The van der Waals surface area contributed by atoms with Gasteiger partial charge in [-0.05, 0) is 62.6 Å². The lowest BCUT2D eigenvalue weighted by Gasteiger charge is -2.12. The molecule has 9 heteroatoms. The minimum atomic E-state index is -0.329. The smallest absolute Gasteiger partial charge is 0.242 e. The van der Waals surface area contributed by atoms with Crippen molar-refractivity contribution in [2.75, 3.05) is 12.4 Å². The zero-order chi connectivity index (χ0) is 23.0. The molecule has 1 amide bonds. The number of carbonyl (C=O) groups excluding carboxylic acids is 1. The van der Waals surface area contributed by atoms with Gasteiger partial charge in [-0.2, -0.15) is 5.10 Å². The summed E-state index contributed by atoms with van der Waals surface area (Å²) >= 11 is 0. The molecule has 32 heavy (non-hydrogen) atoms. The molecule has 0 radical (unpaired) electrons. The molecule has 4 aromatic rings. The number of rotatable bonds is 6. The van der Waals surface area contributed by atoms with Crippen molar-refractivity contribution in [3.63, 3.8) is 0 Å². The number of carbonyl (C=O) groups is 1. The van der Waals surface area contributed by atoms with Crippen molar-refractivity contribution in [3.05, 3.63) is 58.7 Å². The molecule has 1 N–H and O–H groups in total. The molecule has 0 unspecified atom stereocenters. The van der Waals surface area contributed by atoms with Crippen LogP contribution in [0.25, 0.3) is 16.7 Å². The highest BCUT2D eigenvalue weighted by Crippen LogP contribution is 2.30. The molecule has 8 nitrogen and oxygen atoms in total. The standard InChI is InChI=1S/C23H25FN6O2/c1-13-12-19(30(27-13)17-8-6-16(24)7-9-17)26-20(31)11-10-18-14(2)21-22(25-15(18)3)29(4)28-23(21)32-5/h6-9,12H,10-11H2,1-5H3,(H,26,31). The van der Waals surface area contributed by atoms with Gasteiger partial charge in [0.2, 0.25) is 11.8 Å². The molecule has 0 fully saturated rings. The first-order chi connectivity index (χ1) is 15.3. The van der Waals surface area contributed by atoms with Gasteiger partial charge < -0.3 is 10.1 Å². The van der Waals surface area contributed by atoms with Crippen LogP contribution in [-0.4, -0.2) is 37.6 Å². The number of ether oxygens (including phenoxy) is 1. The fraction of sp³-hybridized carbons (Fsp3) is 0.304. The first-order valence-corrected chi connectivity index (χ1v) is 10.3. The summed E-state index contributed by atoms with van der Waals surface area (Å²) in [5, 5.41) is 12.6. The highest BCUT2D eigenvalue weighted by Gasteiger charge is 2.19. The maximum atomic E-state index is 13.3. The second-order valence-electron chi connectivity index (χ2n) is 7.74. The maximum Gasteiger partial charge on any atom is 0.242 e. The van der Waals surface area contributed by atoms with Crippen molar-refractivity contribution in [1.29, 1.82) is 0 Å². The summed E-state index contributed by atoms with van der Waals surface area (Å²) in [6.45, 7) is 5.78. The summed E-state index contributed by atoms with van der Waals surface area (Å²) in [5.74, 6) is 0.585. The Morgan fingerprint density at radius 2 is 1.88 bits per heavy atom. The second-order valence-corrected chi connectivity index (χ2v) is 7.74. The number of methoxy groups -OCH3 is 1. The molecule has 0 saturated heterocycles. The number of hydrogen-bond donors (Lipinski definition) is 1. The molecule has 0 bridgehead atoms. The summed E-state index contributed by atoms with van der Waals surface area (Å²) < 4.78 is 22.0. The lowest BCUT2D eigenvalue weighted by molar-refractivity contribution is -0.116. The van der Waals surface area contributed by atoms with E-state index in [4.69, 9.17) is 4.74 Å². The van der Waals surface area contributed by atoms with E-state index < -0.39 is 0 Å². The van der Waals surface area contributed by atoms with Crippen molar-refractivity contribution < 1.29 is 13.9 Å².